The highest BCUT2D eigenvalue weighted by Gasteiger charge is 2.33. The Balaban J connectivity index is 2.09. The van der Waals surface area contributed by atoms with Crippen LogP contribution in [0.25, 0.3) is 0 Å². The van der Waals surface area contributed by atoms with Crippen LogP contribution in [-0.4, -0.2) is 64.7 Å². The summed E-state index contributed by atoms with van der Waals surface area (Å²) in [6, 6.07) is 20.0. The molecule has 11 heteroatoms. The normalized spacial score (nSPS) is 11.8. The summed E-state index contributed by atoms with van der Waals surface area (Å²) in [6.07, 6.45) is 1.23. The van der Waals surface area contributed by atoms with E-state index in [1.54, 1.807) is 43.3 Å². The number of hydrogen-bond donors (Lipinski definition) is 1. The molecule has 0 saturated carbocycles. The van der Waals surface area contributed by atoms with Crippen LogP contribution in [0.2, 0.25) is 5.02 Å². The van der Waals surface area contributed by atoms with Gasteiger partial charge in [0, 0.05) is 30.6 Å². The molecular formula is C29H34ClN3O6S. The maximum atomic E-state index is 14.1. The Kier molecular flexibility index (Phi) is 10.8. The summed E-state index contributed by atoms with van der Waals surface area (Å²) < 4.78 is 37.7. The van der Waals surface area contributed by atoms with E-state index < -0.39 is 28.5 Å². The van der Waals surface area contributed by atoms with Crippen LogP contribution < -0.4 is 19.1 Å². The number of nitrogens with one attached hydrogen (secondary N) is 1. The maximum absolute atomic E-state index is 14.1. The summed E-state index contributed by atoms with van der Waals surface area (Å²) in [7, 11) is -1.11. The highest BCUT2D eigenvalue weighted by Crippen LogP contribution is 2.34. The fraction of sp³-hybridized carbons (Fsp3) is 0.310. The first-order valence-corrected chi connectivity index (χ1v) is 14.8. The Morgan fingerprint density at radius 1 is 0.950 bits per heavy atom. The third kappa shape index (κ3) is 8.12. The summed E-state index contributed by atoms with van der Waals surface area (Å²) in [4.78, 5) is 28.9. The SMILES string of the molecule is CCNC(=O)[C@H](Cc1ccccc1)N(Cc1cccc(Cl)c1)C(=O)CN(c1cc(OC)ccc1OC)S(C)(=O)=O. The third-order valence-electron chi connectivity index (χ3n) is 6.20. The van der Waals surface area contributed by atoms with Crippen molar-refractivity contribution in [2.45, 2.75) is 25.9 Å². The van der Waals surface area contributed by atoms with Crippen LogP contribution in [0.3, 0.4) is 0 Å². The third-order valence-corrected chi connectivity index (χ3v) is 7.56. The minimum atomic E-state index is -3.97. The van der Waals surface area contributed by atoms with Crippen molar-refractivity contribution >= 4 is 39.1 Å². The van der Waals surface area contributed by atoms with E-state index in [0.29, 0.717) is 22.9 Å². The van der Waals surface area contributed by atoms with Gasteiger partial charge in [-0.05, 0) is 42.3 Å². The van der Waals surface area contributed by atoms with E-state index in [9.17, 15) is 18.0 Å². The van der Waals surface area contributed by atoms with Gasteiger partial charge in [0.25, 0.3) is 0 Å². The number of rotatable bonds is 13. The van der Waals surface area contributed by atoms with Gasteiger partial charge in [0.1, 0.15) is 24.1 Å². The second kappa shape index (κ2) is 14.0. The van der Waals surface area contributed by atoms with Gasteiger partial charge in [0.05, 0.1) is 26.2 Å². The first-order chi connectivity index (χ1) is 19.1. The molecule has 0 aliphatic heterocycles. The minimum Gasteiger partial charge on any atom is -0.497 e. The van der Waals surface area contributed by atoms with Gasteiger partial charge < -0.3 is 19.7 Å². The molecule has 0 heterocycles. The van der Waals surface area contributed by atoms with E-state index >= 15 is 0 Å². The maximum Gasteiger partial charge on any atom is 0.244 e. The fourth-order valence-electron chi connectivity index (χ4n) is 4.26. The first kappa shape index (κ1) is 30.8. The average molecular weight is 588 g/mol. The number of nitrogens with zero attached hydrogens (tertiary/aromatic N) is 2. The van der Waals surface area contributed by atoms with Crippen LogP contribution >= 0.6 is 11.6 Å². The summed E-state index contributed by atoms with van der Waals surface area (Å²) in [5.74, 6) is -0.309. The molecule has 3 rings (SSSR count). The zero-order chi connectivity index (χ0) is 29.3. The highest BCUT2D eigenvalue weighted by molar-refractivity contribution is 7.92. The molecule has 3 aromatic carbocycles. The average Bonchev–Trinajstić information content (AvgIpc) is 2.93. The topological polar surface area (TPSA) is 105 Å². The number of anilines is 1. The lowest BCUT2D eigenvalue weighted by Crippen LogP contribution is -2.53. The molecule has 0 fully saturated rings. The van der Waals surface area contributed by atoms with Crippen molar-refractivity contribution in [1.82, 2.24) is 10.2 Å². The summed E-state index contributed by atoms with van der Waals surface area (Å²) >= 11 is 6.22. The number of carbonyl (C=O) groups is 2. The number of ether oxygens (including phenoxy) is 2. The second-order valence-electron chi connectivity index (χ2n) is 9.06. The molecule has 2 amide bonds. The van der Waals surface area contributed by atoms with Crippen LogP contribution in [0.5, 0.6) is 11.5 Å². The first-order valence-electron chi connectivity index (χ1n) is 12.6. The Morgan fingerprint density at radius 3 is 2.25 bits per heavy atom. The van der Waals surface area contributed by atoms with Gasteiger partial charge in [-0.15, -0.1) is 0 Å². The van der Waals surface area contributed by atoms with E-state index in [0.717, 1.165) is 16.1 Å². The summed E-state index contributed by atoms with van der Waals surface area (Å²) in [6.45, 7) is 1.61. The Morgan fingerprint density at radius 2 is 1.65 bits per heavy atom. The van der Waals surface area contributed by atoms with Crippen LogP contribution in [0.4, 0.5) is 5.69 Å². The van der Waals surface area contributed by atoms with Crippen molar-refractivity contribution in [3.63, 3.8) is 0 Å². The molecule has 0 aliphatic carbocycles. The lowest BCUT2D eigenvalue weighted by Gasteiger charge is -2.33. The zero-order valence-electron chi connectivity index (χ0n) is 23.0. The lowest BCUT2D eigenvalue weighted by atomic mass is 10.0. The summed E-state index contributed by atoms with van der Waals surface area (Å²) in [5.41, 5.74) is 1.67. The lowest BCUT2D eigenvalue weighted by molar-refractivity contribution is -0.140. The van der Waals surface area contributed by atoms with E-state index in [1.165, 1.54) is 25.2 Å². The number of likely N-dealkylation sites (N-methyl/N-ethyl adjacent to an activating group) is 1. The number of hydrogen-bond acceptors (Lipinski definition) is 6. The van der Waals surface area contributed by atoms with Gasteiger partial charge in [0.2, 0.25) is 21.8 Å². The van der Waals surface area contributed by atoms with Gasteiger partial charge in [-0.1, -0.05) is 54.1 Å². The monoisotopic (exact) mass is 587 g/mol. The van der Waals surface area contributed by atoms with Gasteiger partial charge in [-0.2, -0.15) is 0 Å². The highest BCUT2D eigenvalue weighted by atomic mass is 35.5. The molecule has 0 saturated heterocycles. The number of sulfonamides is 1. The minimum absolute atomic E-state index is 0.0286. The van der Waals surface area contributed by atoms with Crippen LogP contribution in [0, 0.1) is 0 Å². The van der Waals surface area contributed by atoms with E-state index in [4.69, 9.17) is 21.1 Å². The number of methoxy groups -OCH3 is 2. The zero-order valence-corrected chi connectivity index (χ0v) is 24.5. The molecule has 0 bridgehead atoms. The van der Waals surface area contributed by atoms with Crippen molar-refractivity contribution < 1.29 is 27.5 Å². The number of amides is 2. The van der Waals surface area contributed by atoms with Gasteiger partial charge in [-0.3, -0.25) is 13.9 Å². The van der Waals surface area contributed by atoms with E-state index in [2.05, 4.69) is 5.32 Å². The Bertz CT molecular complexity index is 1420. The molecule has 9 nitrogen and oxygen atoms in total. The fourth-order valence-corrected chi connectivity index (χ4v) is 5.32. The van der Waals surface area contributed by atoms with Crippen LogP contribution in [0.1, 0.15) is 18.1 Å². The molecule has 3 aromatic rings. The molecule has 1 atom stereocenters. The van der Waals surface area contributed by atoms with Gasteiger partial charge in [-0.25, -0.2) is 8.42 Å². The molecular weight excluding hydrogens is 554 g/mol. The molecule has 0 aliphatic rings. The predicted molar refractivity (Wildman–Crippen MR) is 156 cm³/mol. The predicted octanol–water partition coefficient (Wildman–Crippen LogP) is 3.90. The molecule has 40 heavy (non-hydrogen) atoms. The Labute approximate surface area is 240 Å². The van der Waals surface area contributed by atoms with Crippen molar-refractivity contribution in [3.05, 3.63) is 88.9 Å². The van der Waals surface area contributed by atoms with Gasteiger partial charge >= 0.3 is 0 Å². The van der Waals surface area contributed by atoms with Crippen molar-refractivity contribution in [1.29, 1.82) is 0 Å². The van der Waals surface area contributed by atoms with Crippen molar-refractivity contribution in [2.75, 3.05) is 37.9 Å². The molecule has 0 radical (unpaired) electrons. The van der Waals surface area contributed by atoms with Crippen molar-refractivity contribution in [3.8, 4) is 11.5 Å². The molecule has 1 N–H and O–H groups in total. The smallest absolute Gasteiger partial charge is 0.244 e. The van der Waals surface area contributed by atoms with E-state index in [1.807, 2.05) is 30.3 Å². The number of halogens is 1. The summed E-state index contributed by atoms with van der Waals surface area (Å²) in [5, 5.41) is 3.29. The molecule has 0 spiro atoms. The number of carbonyl (C=O) groups excluding carboxylic acids is 2. The van der Waals surface area contributed by atoms with Crippen LogP contribution in [-0.2, 0) is 32.6 Å². The van der Waals surface area contributed by atoms with Crippen molar-refractivity contribution in [2.24, 2.45) is 0 Å². The molecule has 214 valence electrons. The number of benzene rings is 3. The molecule has 0 aromatic heterocycles. The molecule has 0 unspecified atom stereocenters. The Hall–Kier alpha value is -3.76. The quantitative estimate of drug-likeness (QED) is 0.325. The standard InChI is InChI=1S/C29H34ClN3O6S/c1-5-31-29(35)26(17-21-10-7-6-8-11-21)32(19-22-12-9-13-23(30)16-22)28(34)20-33(40(4,36)37)25-18-24(38-2)14-15-27(25)39-3/h6-16,18,26H,5,17,19-20H2,1-4H3,(H,31,35)/t26-/m0/s1. The largest absolute Gasteiger partial charge is 0.497 e. The van der Waals surface area contributed by atoms with Crippen LogP contribution in [0.15, 0.2) is 72.8 Å². The van der Waals surface area contributed by atoms with E-state index in [-0.39, 0.29) is 30.3 Å². The second-order valence-corrected chi connectivity index (χ2v) is 11.4. The van der Waals surface area contributed by atoms with Gasteiger partial charge in [0.15, 0.2) is 0 Å².